The molecule has 0 amide bonds. The van der Waals surface area contributed by atoms with E-state index in [4.69, 9.17) is 14.2 Å². The van der Waals surface area contributed by atoms with Crippen molar-refractivity contribution in [3.63, 3.8) is 0 Å². The van der Waals surface area contributed by atoms with Crippen LogP contribution in [-0.2, 0) is 4.74 Å². The lowest BCUT2D eigenvalue weighted by Crippen LogP contribution is -2.41. The number of ether oxygens (including phenoxy) is 3. The molecule has 1 aliphatic rings. The van der Waals surface area contributed by atoms with Crippen LogP contribution in [0.4, 0.5) is 11.4 Å². The maximum atomic E-state index is 11.0. The number of nitriles is 1. The summed E-state index contributed by atoms with van der Waals surface area (Å²) in [6, 6.07) is 12.1. The third-order valence-corrected chi connectivity index (χ3v) is 5.18. The summed E-state index contributed by atoms with van der Waals surface area (Å²) < 4.78 is 16.7. The molecular formula is C22H26N4O5. The average Bonchev–Trinajstić information content (AvgIpc) is 2.80. The molecule has 1 heterocycles. The van der Waals surface area contributed by atoms with Gasteiger partial charge in [0.1, 0.15) is 6.07 Å². The Hall–Kier alpha value is -3.35. The highest BCUT2D eigenvalue weighted by Gasteiger charge is 2.24. The molecule has 0 bridgehead atoms. The Morgan fingerprint density at radius 1 is 1.26 bits per heavy atom. The largest absolute Gasteiger partial charge is 0.493 e. The van der Waals surface area contributed by atoms with E-state index in [-0.39, 0.29) is 17.3 Å². The number of hydrogen-bond acceptors (Lipinski definition) is 8. The first-order valence-corrected chi connectivity index (χ1v) is 10.1. The van der Waals surface area contributed by atoms with E-state index in [0.717, 1.165) is 18.7 Å². The van der Waals surface area contributed by atoms with Gasteiger partial charge in [0, 0.05) is 31.8 Å². The topological polar surface area (TPSA) is 110 Å². The second-order valence-electron chi connectivity index (χ2n) is 6.99. The number of nitrogens with zero attached hydrogens (tertiary/aromatic N) is 3. The molecule has 1 saturated heterocycles. The Morgan fingerprint density at radius 3 is 2.68 bits per heavy atom. The molecule has 0 radical (unpaired) electrons. The summed E-state index contributed by atoms with van der Waals surface area (Å²) in [5.41, 5.74) is 1.72. The number of hydrogen-bond donors (Lipinski definition) is 1. The van der Waals surface area contributed by atoms with Gasteiger partial charge in [-0.25, -0.2) is 0 Å². The minimum atomic E-state index is -0.507. The SMILES string of the molecule is CCOc1ccc(C(CNc2ccc([N+](=O)[O-])cc2C#N)N2CCOCC2)cc1OC. The quantitative estimate of drug-likeness (QED) is 0.480. The number of benzene rings is 2. The van der Waals surface area contributed by atoms with E-state index in [2.05, 4.69) is 10.2 Å². The van der Waals surface area contributed by atoms with Crippen LogP contribution in [0.25, 0.3) is 0 Å². The van der Waals surface area contributed by atoms with Gasteiger partial charge in [-0.05, 0) is 30.7 Å². The maximum absolute atomic E-state index is 11.0. The summed E-state index contributed by atoms with van der Waals surface area (Å²) in [7, 11) is 1.61. The second-order valence-corrected chi connectivity index (χ2v) is 6.99. The van der Waals surface area contributed by atoms with E-state index in [1.807, 2.05) is 31.2 Å². The lowest BCUT2D eigenvalue weighted by atomic mass is 10.0. The smallest absolute Gasteiger partial charge is 0.270 e. The van der Waals surface area contributed by atoms with E-state index in [1.54, 1.807) is 13.2 Å². The Balaban J connectivity index is 1.87. The van der Waals surface area contributed by atoms with Crippen molar-refractivity contribution in [2.24, 2.45) is 0 Å². The maximum Gasteiger partial charge on any atom is 0.270 e. The van der Waals surface area contributed by atoms with Crippen molar-refractivity contribution in [3.8, 4) is 17.6 Å². The number of nitro groups is 1. The summed E-state index contributed by atoms with van der Waals surface area (Å²) >= 11 is 0. The van der Waals surface area contributed by atoms with Gasteiger partial charge in [0.05, 0.1) is 49.1 Å². The summed E-state index contributed by atoms with van der Waals surface area (Å²) in [5, 5.41) is 23.7. The molecule has 1 unspecified atom stereocenters. The van der Waals surface area contributed by atoms with Crippen molar-refractivity contribution < 1.29 is 19.1 Å². The van der Waals surface area contributed by atoms with Crippen molar-refractivity contribution in [3.05, 3.63) is 57.6 Å². The van der Waals surface area contributed by atoms with Crippen LogP contribution >= 0.6 is 0 Å². The van der Waals surface area contributed by atoms with Crippen LogP contribution in [0, 0.1) is 21.4 Å². The molecule has 164 valence electrons. The Morgan fingerprint density at radius 2 is 2.03 bits per heavy atom. The molecule has 9 nitrogen and oxygen atoms in total. The summed E-state index contributed by atoms with van der Waals surface area (Å²) in [4.78, 5) is 12.8. The lowest BCUT2D eigenvalue weighted by Gasteiger charge is -2.35. The summed E-state index contributed by atoms with van der Waals surface area (Å²) in [6.07, 6.45) is 0. The monoisotopic (exact) mass is 426 g/mol. The van der Waals surface area contributed by atoms with Crippen LogP contribution < -0.4 is 14.8 Å². The van der Waals surface area contributed by atoms with Crippen molar-refractivity contribution in [1.29, 1.82) is 5.26 Å². The van der Waals surface area contributed by atoms with Crippen LogP contribution in [0.5, 0.6) is 11.5 Å². The molecule has 0 aromatic heterocycles. The lowest BCUT2D eigenvalue weighted by molar-refractivity contribution is -0.384. The molecule has 0 spiro atoms. The van der Waals surface area contributed by atoms with Crippen molar-refractivity contribution >= 4 is 11.4 Å². The molecule has 9 heteroatoms. The number of methoxy groups -OCH3 is 1. The molecule has 2 aromatic rings. The van der Waals surface area contributed by atoms with Crippen LogP contribution in [0.1, 0.15) is 24.1 Å². The van der Waals surface area contributed by atoms with E-state index < -0.39 is 4.92 Å². The van der Waals surface area contributed by atoms with Gasteiger partial charge < -0.3 is 19.5 Å². The third kappa shape index (κ3) is 5.42. The first-order chi connectivity index (χ1) is 15.1. The number of non-ortho nitro benzene ring substituents is 1. The highest BCUT2D eigenvalue weighted by Crippen LogP contribution is 2.33. The van der Waals surface area contributed by atoms with Gasteiger partial charge in [0.2, 0.25) is 0 Å². The first-order valence-electron chi connectivity index (χ1n) is 10.1. The van der Waals surface area contributed by atoms with Crippen LogP contribution in [0.15, 0.2) is 36.4 Å². The van der Waals surface area contributed by atoms with E-state index in [0.29, 0.717) is 43.6 Å². The van der Waals surface area contributed by atoms with Crippen LogP contribution in [0.2, 0.25) is 0 Å². The van der Waals surface area contributed by atoms with Crippen molar-refractivity contribution in [2.45, 2.75) is 13.0 Å². The van der Waals surface area contributed by atoms with Gasteiger partial charge in [-0.1, -0.05) is 6.07 Å². The Kier molecular flexibility index (Phi) is 7.65. The molecule has 31 heavy (non-hydrogen) atoms. The molecule has 1 N–H and O–H groups in total. The molecule has 2 aromatic carbocycles. The summed E-state index contributed by atoms with van der Waals surface area (Å²) in [6.45, 7) is 5.80. The second kappa shape index (κ2) is 10.6. The fraction of sp³-hybridized carbons (Fsp3) is 0.409. The van der Waals surface area contributed by atoms with Gasteiger partial charge in [-0.2, -0.15) is 5.26 Å². The predicted molar refractivity (Wildman–Crippen MR) is 116 cm³/mol. The van der Waals surface area contributed by atoms with Crippen molar-refractivity contribution in [2.75, 3.05) is 51.9 Å². The molecular weight excluding hydrogens is 400 g/mol. The van der Waals surface area contributed by atoms with Crippen LogP contribution in [0.3, 0.4) is 0 Å². The number of morpholine rings is 1. The van der Waals surface area contributed by atoms with Gasteiger partial charge >= 0.3 is 0 Å². The minimum absolute atomic E-state index is 0.0183. The number of rotatable bonds is 9. The average molecular weight is 426 g/mol. The Labute approximate surface area is 181 Å². The van der Waals surface area contributed by atoms with Gasteiger partial charge in [0.25, 0.3) is 5.69 Å². The van der Waals surface area contributed by atoms with Crippen molar-refractivity contribution in [1.82, 2.24) is 4.90 Å². The normalized spacial score (nSPS) is 15.0. The fourth-order valence-corrected chi connectivity index (χ4v) is 3.61. The Bertz CT molecular complexity index is 953. The zero-order valence-corrected chi connectivity index (χ0v) is 17.7. The van der Waals surface area contributed by atoms with Gasteiger partial charge in [-0.15, -0.1) is 0 Å². The van der Waals surface area contributed by atoms with Crippen LogP contribution in [-0.4, -0.2) is 56.4 Å². The number of nitro benzene ring substituents is 1. The molecule has 0 saturated carbocycles. The van der Waals surface area contributed by atoms with E-state index in [9.17, 15) is 15.4 Å². The molecule has 3 rings (SSSR count). The highest BCUT2D eigenvalue weighted by atomic mass is 16.6. The first kappa shape index (κ1) is 22.3. The number of nitrogens with one attached hydrogen (secondary N) is 1. The van der Waals surface area contributed by atoms with Gasteiger partial charge in [0.15, 0.2) is 11.5 Å². The summed E-state index contributed by atoms with van der Waals surface area (Å²) in [5.74, 6) is 1.34. The molecule has 1 fully saturated rings. The fourth-order valence-electron chi connectivity index (χ4n) is 3.61. The predicted octanol–water partition coefficient (Wildman–Crippen LogP) is 3.36. The zero-order valence-electron chi connectivity index (χ0n) is 17.7. The van der Waals surface area contributed by atoms with E-state index in [1.165, 1.54) is 12.1 Å². The van der Waals surface area contributed by atoms with Gasteiger partial charge in [-0.3, -0.25) is 15.0 Å². The molecule has 1 aliphatic heterocycles. The number of anilines is 1. The highest BCUT2D eigenvalue weighted by molar-refractivity contribution is 5.61. The minimum Gasteiger partial charge on any atom is -0.493 e. The van der Waals surface area contributed by atoms with E-state index >= 15 is 0 Å². The zero-order chi connectivity index (χ0) is 22.2. The molecule has 1 atom stereocenters. The standard InChI is InChI=1S/C22H26N4O5/c1-3-31-21-7-4-16(13-22(21)29-2)20(25-8-10-30-11-9-25)15-24-19-6-5-18(26(27)28)12-17(19)14-23/h4-7,12-13,20,24H,3,8-11,15H2,1-2H3. The molecule has 0 aliphatic carbocycles. The third-order valence-electron chi connectivity index (χ3n) is 5.18.